The van der Waals surface area contributed by atoms with Crippen LogP contribution in [0.25, 0.3) is 0 Å². The van der Waals surface area contributed by atoms with Crippen molar-refractivity contribution in [2.45, 2.75) is 193 Å². The van der Waals surface area contributed by atoms with Crippen LogP contribution in [-0.4, -0.2) is 64.1 Å². The summed E-state index contributed by atoms with van der Waals surface area (Å²) in [5.74, 6) is -0.404. The number of hydrogen-bond donors (Lipinski definition) is 0. The average Bonchev–Trinajstić information content (AvgIpc) is 3.08. The number of hydrogen-bond acceptors (Lipinski definition) is 7. The molecule has 0 radical (unpaired) electrons. The minimum absolute atomic E-state index is 0.00820. The van der Waals surface area contributed by atoms with Gasteiger partial charge >= 0.3 is 5.97 Å². The number of phosphoric acid groups is 1. The average molecular weight is 744 g/mol. The number of esters is 1. The Morgan fingerprint density at radius 3 is 1.51 bits per heavy atom. The summed E-state index contributed by atoms with van der Waals surface area (Å²) in [6.45, 7) is 4.70. The Bertz CT molecular complexity index is 874. The quantitative estimate of drug-likeness (QED) is 0.0154. The number of unbranched alkanes of at least 4 members (excludes halogenated alkanes) is 23. The molecule has 0 aromatic rings. The molecule has 2 atom stereocenters. The molecule has 0 aromatic heterocycles. The molecule has 0 heterocycles. The van der Waals surface area contributed by atoms with Crippen LogP contribution in [0.3, 0.4) is 0 Å². The van der Waals surface area contributed by atoms with Crippen molar-refractivity contribution in [2.75, 3.05) is 47.5 Å². The number of phosphoric ester groups is 1. The van der Waals surface area contributed by atoms with Crippen LogP contribution in [0.2, 0.25) is 0 Å². The van der Waals surface area contributed by atoms with Crippen LogP contribution < -0.4 is 4.89 Å². The Morgan fingerprint density at radius 2 is 1.04 bits per heavy atom. The second-order valence-electron chi connectivity index (χ2n) is 15.4. The zero-order valence-corrected chi connectivity index (χ0v) is 35.0. The van der Waals surface area contributed by atoms with Crippen LogP contribution in [-0.2, 0) is 27.9 Å². The van der Waals surface area contributed by atoms with Crippen molar-refractivity contribution in [1.29, 1.82) is 0 Å². The molecule has 0 N–H and O–H groups in total. The van der Waals surface area contributed by atoms with Crippen LogP contribution in [0.15, 0.2) is 24.5 Å². The fourth-order valence-electron chi connectivity index (χ4n) is 5.76. The van der Waals surface area contributed by atoms with E-state index in [1.54, 1.807) is 6.26 Å². The summed E-state index contributed by atoms with van der Waals surface area (Å²) >= 11 is 0. The summed E-state index contributed by atoms with van der Waals surface area (Å²) < 4.78 is 34.2. The fourth-order valence-corrected chi connectivity index (χ4v) is 6.49. The molecule has 9 heteroatoms. The van der Waals surface area contributed by atoms with Gasteiger partial charge in [0, 0.05) is 6.42 Å². The van der Waals surface area contributed by atoms with Gasteiger partial charge in [-0.2, -0.15) is 0 Å². The van der Waals surface area contributed by atoms with E-state index in [0.717, 1.165) is 19.3 Å². The van der Waals surface area contributed by atoms with Gasteiger partial charge in [0.1, 0.15) is 19.8 Å². The van der Waals surface area contributed by atoms with Crippen LogP contribution >= 0.6 is 7.82 Å². The van der Waals surface area contributed by atoms with Crippen molar-refractivity contribution in [3.05, 3.63) is 24.5 Å². The van der Waals surface area contributed by atoms with E-state index >= 15 is 0 Å². The second kappa shape index (κ2) is 35.8. The lowest BCUT2D eigenvalue weighted by atomic mass is 10.0. The summed E-state index contributed by atoms with van der Waals surface area (Å²) in [4.78, 5) is 24.9. The van der Waals surface area contributed by atoms with Crippen LogP contribution in [0.1, 0.15) is 187 Å². The largest absolute Gasteiger partial charge is 0.756 e. The first kappa shape index (κ1) is 49.8. The Morgan fingerprint density at radius 1 is 0.608 bits per heavy atom. The minimum atomic E-state index is -4.54. The van der Waals surface area contributed by atoms with Gasteiger partial charge in [-0.3, -0.25) is 9.36 Å². The molecule has 51 heavy (non-hydrogen) atoms. The number of likely N-dealkylation sites (N-methyl/N-ethyl adjacent to an activating group) is 1. The summed E-state index contributed by atoms with van der Waals surface area (Å²) in [6.07, 6.45) is 40.1. The SMILES string of the molecule is CCCCCCCCCCCCC/C=C/CCC(=O)O[C@H](CO/C=C/CCCCCCCCCCCCCC)COP(=O)([O-])OCC[N+](C)(C)C. The molecule has 0 amide bonds. The maximum absolute atomic E-state index is 12.6. The molecular formula is C42H82NO7P. The first-order valence-electron chi connectivity index (χ1n) is 21.1. The van der Waals surface area contributed by atoms with Crippen molar-refractivity contribution in [3.8, 4) is 0 Å². The van der Waals surface area contributed by atoms with Crippen molar-refractivity contribution in [1.82, 2.24) is 0 Å². The lowest BCUT2D eigenvalue weighted by molar-refractivity contribution is -0.870. The Balaban J connectivity index is 4.34. The third-order valence-electron chi connectivity index (χ3n) is 9.08. The number of quaternary nitrogens is 1. The molecule has 0 fully saturated rings. The fraction of sp³-hybridized carbons (Fsp3) is 0.881. The Labute approximate surface area is 315 Å². The number of allylic oxidation sites excluding steroid dienone is 3. The van der Waals surface area contributed by atoms with Gasteiger partial charge < -0.3 is 27.9 Å². The number of rotatable bonds is 39. The van der Waals surface area contributed by atoms with Crippen LogP contribution in [0.5, 0.6) is 0 Å². The second-order valence-corrected chi connectivity index (χ2v) is 16.8. The normalized spacial score (nSPS) is 14.0. The first-order chi connectivity index (χ1) is 24.6. The number of carbonyl (C=O) groups excluding carboxylic acids is 1. The maximum atomic E-state index is 12.6. The third kappa shape index (κ3) is 39.9. The molecule has 0 aromatic carbocycles. The van der Waals surface area contributed by atoms with Crippen LogP contribution in [0, 0.1) is 0 Å². The van der Waals surface area contributed by atoms with Crippen LogP contribution in [0.4, 0.5) is 0 Å². The van der Waals surface area contributed by atoms with Crippen molar-refractivity contribution < 1.29 is 37.3 Å². The predicted octanol–water partition coefficient (Wildman–Crippen LogP) is 11.8. The molecule has 0 aliphatic rings. The molecular weight excluding hydrogens is 661 g/mol. The van der Waals surface area contributed by atoms with E-state index in [1.165, 1.54) is 141 Å². The highest BCUT2D eigenvalue weighted by atomic mass is 31.2. The van der Waals surface area contributed by atoms with E-state index in [0.29, 0.717) is 17.4 Å². The van der Waals surface area contributed by atoms with E-state index in [9.17, 15) is 14.3 Å². The molecule has 0 saturated heterocycles. The van der Waals surface area contributed by atoms with Crippen molar-refractivity contribution >= 4 is 13.8 Å². The van der Waals surface area contributed by atoms with Gasteiger partial charge in [0.15, 0.2) is 6.10 Å². The molecule has 0 spiro atoms. The Hall–Kier alpha value is -1.18. The van der Waals surface area contributed by atoms with Crippen molar-refractivity contribution in [2.24, 2.45) is 0 Å². The number of carbonyl (C=O) groups is 1. The topological polar surface area (TPSA) is 94.1 Å². The maximum Gasteiger partial charge on any atom is 0.306 e. The van der Waals surface area contributed by atoms with Gasteiger partial charge in [-0.1, -0.05) is 161 Å². The Kier molecular flexibility index (Phi) is 35.0. The molecule has 8 nitrogen and oxygen atoms in total. The van der Waals surface area contributed by atoms with E-state index < -0.39 is 19.9 Å². The molecule has 0 aliphatic heterocycles. The van der Waals surface area contributed by atoms with Gasteiger partial charge in [-0.15, -0.1) is 0 Å². The first-order valence-corrected chi connectivity index (χ1v) is 22.6. The lowest BCUT2D eigenvalue weighted by Gasteiger charge is -2.28. The number of nitrogens with zero attached hydrogens (tertiary/aromatic N) is 1. The smallest absolute Gasteiger partial charge is 0.306 e. The minimum Gasteiger partial charge on any atom is -0.756 e. The standard InChI is InChI=1S/C42H82NO7P/c1-6-8-10-12-14-16-18-20-22-23-25-27-29-31-33-35-42(44)50-41(40-49-51(45,46)48-38-36-43(3,4)5)39-47-37-34-32-30-28-26-24-21-19-17-15-13-11-9-7-2/h29,31,34,37,41H,6-28,30,32-33,35-36,38-40H2,1-5H3/b31-29+,37-34+/t41-/m1/s1. The van der Waals surface area contributed by atoms with Gasteiger partial charge in [0.05, 0.1) is 34.0 Å². The molecule has 302 valence electrons. The molecule has 0 rings (SSSR count). The third-order valence-corrected chi connectivity index (χ3v) is 10.0. The van der Waals surface area contributed by atoms with E-state index in [4.69, 9.17) is 18.5 Å². The zero-order valence-electron chi connectivity index (χ0n) is 34.1. The zero-order chi connectivity index (χ0) is 37.7. The summed E-state index contributed by atoms with van der Waals surface area (Å²) in [5.41, 5.74) is 0. The predicted molar refractivity (Wildman–Crippen MR) is 213 cm³/mol. The van der Waals surface area contributed by atoms with Gasteiger partial charge in [-0.25, -0.2) is 0 Å². The van der Waals surface area contributed by atoms with E-state index in [1.807, 2.05) is 33.3 Å². The molecule has 1 unspecified atom stereocenters. The monoisotopic (exact) mass is 744 g/mol. The summed E-state index contributed by atoms with van der Waals surface area (Å²) in [7, 11) is 1.31. The van der Waals surface area contributed by atoms with Gasteiger partial charge in [0.25, 0.3) is 7.82 Å². The molecule has 0 aliphatic carbocycles. The summed E-state index contributed by atoms with van der Waals surface area (Å²) in [5, 5.41) is 0. The van der Waals surface area contributed by atoms with Gasteiger partial charge in [-0.05, 0) is 38.2 Å². The molecule has 0 saturated carbocycles. The summed E-state index contributed by atoms with van der Waals surface area (Å²) in [6, 6.07) is 0. The van der Waals surface area contributed by atoms with E-state index in [2.05, 4.69) is 19.9 Å². The van der Waals surface area contributed by atoms with E-state index in [-0.39, 0.29) is 26.2 Å². The molecule has 0 bridgehead atoms. The highest BCUT2D eigenvalue weighted by molar-refractivity contribution is 7.45. The number of ether oxygens (including phenoxy) is 2. The highest BCUT2D eigenvalue weighted by Crippen LogP contribution is 2.38. The lowest BCUT2D eigenvalue weighted by Crippen LogP contribution is -2.37. The highest BCUT2D eigenvalue weighted by Gasteiger charge is 2.20. The van der Waals surface area contributed by atoms with Crippen molar-refractivity contribution in [3.63, 3.8) is 0 Å². The van der Waals surface area contributed by atoms with Gasteiger partial charge in [0.2, 0.25) is 0 Å².